The average Bonchev–Trinajstić information content (AvgIpc) is 2.95. The third kappa shape index (κ3) is 12.6. The first-order chi connectivity index (χ1) is 20.9. The number of aromatic hydroxyl groups is 1. The molecular weight excluding hydrogens is 635 g/mol. The number of methoxy groups -OCH3 is 1. The molecule has 0 aliphatic carbocycles. The Kier molecular flexibility index (Phi) is 13.1. The Balaban J connectivity index is 0.000000900. The van der Waals surface area contributed by atoms with Gasteiger partial charge in [-0.3, -0.25) is 4.72 Å². The van der Waals surface area contributed by atoms with E-state index in [-0.39, 0.29) is 29.8 Å². The van der Waals surface area contributed by atoms with E-state index in [0.717, 1.165) is 17.4 Å². The minimum atomic E-state index is -5.08. The highest BCUT2D eigenvalue weighted by Crippen LogP contribution is 2.29. The molecule has 0 spiro atoms. The number of phenols is 1. The second kappa shape index (κ2) is 16.0. The number of phenolic OH excluding ortho intramolecular Hbond substituents is 1. The van der Waals surface area contributed by atoms with Gasteiger partial charge >= 0.3 is 24.7 Å². The quantitative estimate of drug-likeness (QED) is 0.106. The molecule has 45 heavy (non-hydrogen) atoms. The Hall–Kier alpha value is -4.48. The van der Waals surface area contributed by atoms with E-state index < -0.39 is 40.9 Å². The first-order valence-electron chi connectivity index (χ1n) is 12.6. The minimum Gasteiger partial charge on any atom is -0.506 e. The van der Waals surface area contributed by atoms with Crippen molar-refractivity contribution in [3.05, 3.63) is 89.0 Å². The molecular formula is C28H29F5N2O9S. The summed E-state index contributed by atoms with van der Waals surface area (Å²) < 4.78 is 91.3. The fourth-order valence-electron chi connectivity index (χ4n) is 3.73. The summed E-state index contributed by atoms with van der Waals surface area (Å²) in [6.45, 7) is -2.92. The van der Waals surface area contributed by atoms with Crippen molar-refractivity contribution in [2.45, 2.75) is 31.4 Å². The Morgan fingerprint density at radius 2 is 1.51 bits per heavy atom. The van der Waals surface area contributed by atoms with E-state index in [1.807, 2.05) is 0 Å². The number of esters is 1. The zero-order chi connectivity index (χ0) is 33.9. The van der Waals surface area contributed by atoms with Crippen LogP contribution in [0.2, 0.25) is 0 Å². The molecule has 1 unspecified atom stereocenters. The van der Waals surface area contributed by atoms with Gasteiger partial charge in [0, 0.05) is 12.6 Å². The van der Waals surface area contributed by atoms with Crippen LogP contribution in [0.15, 0.2) is 66.7 Å². The van der Waals surface area contributed by atoms with Gasteiger partial charge in [-0.25, -0.2) is 18.0 Å². The fraction of sp³-hybridized carbons (Fsp3) is 0.286. The van der Waals surface area contributed by atoms with Gasteiger partial charge in [0.05, 0.1) is 30.7 Å². The molecule has 2 atom stereocenters. The number of carbonyl (C=O) groups is 2. The maximum atomic E-state index is 12.5. The summed E-state index contributed by atoms with van der Waals surface area (Å²) in [6.07, 6.45) is -4.81. The SMILES string of the molecule is COC(=O)c1ccc(CC(NC[C@H](O)c2ccc(O)c(NS(C)(=O)=O)c2)c2ccc(OC(F)F)cc2)cc1.O=C(O)C(F)(F)F. The van der Waals surface area contributed by atoms with Crippen molar-refractivity contribution in [2.75, 3.05) is 24.6 Å². The van der Waals surface area contributed by atoms with Crippen molar-refractivity contribution in [1.29, 1.82) is 0 Å². The number of aliphatic hydroxyl groups is 1. The number of carbonyl (C=O) groups excluding carboxylic acids is 1. The van der Waals surface area contributed by atoms with Crippen LogP contribution in [0.3, 0.4) is 0 Å². The maximum absolute atomic E-state index is 12.5. The number of carboxylic acids is 1. The molecule has 246 valence electrons. The predicted octanol–water partition coefficient (Wildman–Crippen LogP) is 4.39. The summed E-state index contributed by atoms with van der Waals surface area (Å²) in [7, 11) is -2.36. The Bertz CT molecular complexity index is 1540. The van der Waals surface area contributed by atoms with Gasteiger partial charge in [0.2, 0.25) is 10.0 Å². The lowest BCUT2D eigenvalue weighted by atomic mass is 9.97. The zero-order valence-corrected chi connectivity index (χ0v) is 24.4. The summed E-state index contributed by atoms with van der Waals surface area (Å²) in [4.78, 5) is 20.6. The van der Waals surface area contributed by atoms with Crippen LogP contribution >= 0.6 is 0 Å². The molecule has 0 saturated heterocycles. The fourth-order valence-corrected chi connectivity index (χ4v) is 4.30. The number of nitrogens with one attached hydrogen (secondary N) is 2. The molecule has 17 heteroatoms. The largest absolute Gasteiger partial charge is 0.506 e. The summed E-state index contributed by atoms with van der Waals surface area (Å²) in [5, 5.41) is 31.1. The molecule has 3 aromatic rings. The van der Waals surface area contributed by atoms with E-state index in [1.165, 1.54) is 37.4 Å². The summed E-state index contributed by atoms with van der Waals surface area (Å²) in [6, 6.07) is 16.5. The van der Waals surface area contributed by atoms with E-state index >= 15 is 0 Å². The number of carboxylic acid groups (broad SMARTS) is 1. The van der Waals surface area contributed by atoms with Gasteiger partial charge in [-0.05, 0) is 59.5 Å². The number of sulfonamides is 1. The van der Waals surface area contributed by atoms with Gasteiger partial charge < -0.3 is 30.1 Å². The molecule has 3 aromatic carbocycles. The number of ether oxygens (including phenoxy) is 2. The monoisotopic (exact) mass is 664 g/mol. The van der Waals surface area contributed by atoms with Crippen LogP contribution in [0.1, 0.15) is 39.2 Å². The van der Waals surface area contributed by atoms with Crippen LogP contribution in [0.25, 0.3) is 0 Å². The first-order valence-corrected chi connectivity index (χ1v) is 14.5. The predicted molar refractivity (Wildman–Crippen MR) is 151 cm³/mol. The lowest BCUT2D eigenvalue weighted by Gasteiger charge is -2.22. The summed E-state index contributed by atoms with van der Waals surface area (Å²) in [5.41, 5.74) is 2.24. The molecule has 0 saturated carbocycles. The molecule has 0 radical (unpaired) electrons. The highest BCUT2D eigenvalue weighted by atomic mass is 32.2. The molecule has 0 amide bonds. The second-order valence-electron chi connectivity index (χ2n) is 9.27. The van der Waals surface area contributed by atoms with Crippen molar-refractivity contribution in [1.82, 2.24) is 5.32 Å². The molecule has 0 fully saturated rings. The zero-order valence-electron chi connectivity index (χ0n) is 23.6. The minimum absolute atomic E-state index is 0.0000326. The van der Waals surface area contributed by atoms with Crippen LogP contribution in [0, 0.1) is 0 Å². The van der Waals surface area contributed by atoms with Crippen LogP contribution in [-0.4, -0.2) is 68.4 Å². The number of anilines is 1. The molecule has 5 N–H and O–H groups in total. The summed E-state index contributed by atoms with van der Waals surface area (Å²) in [5.74, 6) is -3.52. The molecule has 0 aliphatic heterocycles. The smallest absolute Gasteiger partial charge is 0.490 e. The second-order valence-corrected chi connectivity index (χ2v) is 11.0. The van der Waals surface area contributed by atoms with Crippen molar-refractivity contribution in [3.63, 3.8) is 0 Å². The number of aliphatic carboxylic acids is 1. The van der Waals surface area contributed by atoms with Gasteiger partial charge in [0.15, 0.2) is 0 Å². The van der Waals surface area contributed by atoms with Gasteiger partial charge in [0.25, 0.3) is 0 Å². The lowest BCUT2D eigenvalue weighted by Crippen LogP contribution is -2.28. The third-order valence-electron chi connectivity index (χ3n) is 5.82. The number of hydrogen-bond donors (Lipinski definition) is 5. The van der Waals surface area contributed by atoms with E-state index in [1.54, 1.807) is 36.4 Å². The van der Waals surface area contributed by atoms with Crippen molar-refractivity contribution in [2.24, 2.45) is 0 Å². The van der Waals surface area contributed by atoms with Crippen molar-refractivity contribution >= 4 is 27.6 Å². The summed E-state index contributed by atoms with van der Waals surface area (Å²) >= 11 is 0. The third-order valence-corrected chi connectivity index (χ3v) is 6.41. The van der Waals surface area contributed by atoms with E-state index in [2.05, 4.69) is 14.8 Å². The number of rotatable bonds is 12. The molecule has 3 rings (SSSR count). The molecule has 11 nitrogen and oxygen atoms in total. The van der Waals surface area contributed by atoms with Crippen LogP contribution in [0.4, 0.5) is 27.6 Å². The van der Waals surface area contributed by atoms with Gasteiger partial charge in [-0.15, -0.1) is 0 Å². The van der Waals surface area contributed by atoms with Crippen LogP contribution in [0.5, 0.6) is 11.5 Å². The van der Waals surface area contributed by atoms with Crippen molar-refractivity contribution < 1.29 is 64.8 Å². The van der Waals surface area contributed by atoms with Gasteiger partial charge in [-0.2, -0.15) is 22.0 Å². The Morgan fingerprint density at radius 3 is 2.00 bits per heavy atom. The number of aliphatic hydroxyl groups excluding tert-OH is 1. The number of alkyl halides is 5. The number of benzene rings is 3. The lowest BCUT2D eigenvalue weighted by molar-refractivity contribution is -0.192. The number of halogens is 5. The molecule has 0 bridgehead atoms. The maximum Gasteiger partial charge on any atom is 0.490 e. The standard InChI is InChI=1S/C26H28F2N2O7S.C2HF3O2/c1-36-25(33)18-5-3-16(4-6-18)13-21(17-7-10-20(11-8-17)37-26(27)28)29-15-24(32)19-9-12-23(31)22(14-19)30-38(2,34)35;3-2(4,5)1(6)7/h3-12,14,21,24,26,29-32H,13,15H2,1-2H3;(H,6,7)/t21?,24-;/m0./s1. The van der Waals surface area contributed by atoms with Crippen LogP contribution < -0.4 is 14.8 Å². The van der Waals surface area contributed by atoms with Crippen LogP contribution in [-0.2, 0) is 26.0 Å². The Labute approximate surface area is 254 Å². The topological polar surface area (TPSA) is 171 Å². The highest BCUT2D eigenvalue weighted by Gasteiger charge is 2.38. The van der Waals surface area contributed by atoms with Crippen molar-refractivity contribution in [3.8, 4) is 11.5 Å². The van der Waals surface area contributed by atoms with E-state index in [4.69, 9.17) is 14.6 Å². The molecule has 0 aliphatic rings. The molecule has 0 aromatic heterocycles. The van der Waals surface area contributed by atoms with Gasteiger partial charge in [0.1, 0.15) is 11.5 Å². The highest BCUT2D eigenvalue weighted by molar-refractivity contribution is 7.92. The van der Waals surface area contributed by atoms with E-state index in [9.17, 15) is 45.4 Å². The van der Waals surface area contributed by atoms with Gasteiger partial charge in [-0.1, -0.05) is 30.3 Å². The first kappa shape index (κ1) is 36.7. The normalized spacial score (nSPS) is 12.8. The number of hydrogen-bond acceptors (Lipinski definition) is 9. The molecule has 0 heterocycles. The Morgan fingerprint density at radius 1 is 0.956 bits per heavy atom. The van der Waals surface area contributed by atoms with E-state index in [0.29, 0.717) is 17.5 Å². The average molecular weight is 665 g/mol.